The molecule has 0 heterocycles. The Morgan fingerprint density at radius 1 is 0.875 bits per heavy atom. The molecular formula is C18H20FN3O2. The monoisotopic (exact) mass is 329 g/mol. The maximum absolute atomic E-state index is 12.8. The van der Waals surface area contributed by atoms with E-state index in [1.807, 2.05) is 13.8 Å². The van der Waals surface area contributed by atoms with E-state index in [4.69, 9.17) is 0 Å². The van der Waals surface area contributed by atoms with Crippen LogP contribution in [0.2, 0.25) is 0 Å². The number of carbonyl (C=O) groups excluding carboxylic acids is 2. The van der Waals surface area contributed by atoms with Gasteiger partial charge >= 0.3 is 0 Å². The van der Waals surface area contributed by atoms with Gasteiger partial charge in [-0.25, -0.2) is 4.39 Å². The molecule has 3 N–H and O–H groups in total. The predicted molar refractivity (Wildman–Crippen MR) is 93.4 cm³/mol. The fraction of sp³-hybridized carbons (Fsp3) is 0.222. The minimum atomic E-state index is -0.351. The molecule has 0 aromatic heterocycles. The van der Waals surface area contributed by atoms with Crippen molar-refractivity contribution >= 4 is 28.9 Å². The highest BCUT2D eigenvalue weighted by molar-refractivity contribution is 5.94. The highest BCUT2D eigenvalue weighted by Crippen LogP contribution is 2.14. The number of anilines is 3. The molecule has 126 valence electrons. The number of carbonyl (C=O) groups is 2. The summed E-state index contributed by atoms with van der Waals surface area (Å²) in [5.74, 6) is -0.720. The molecule has 6 heteroatoms. The summed E-state index contributed by atoms with van der Waals surface area (Å²) in [7, 11) is 0. The Bertz CT molecular complexity index is 697. The molecular weight excluding hydrogens is 309 g/mol. The molecule has 0 saturated heterocycles. The minimum Gasteiger partial charge on any atom is -0.376 e. The fourth-order valence-electron chi connectivity index (χ4n) is 1.88. The highest BCUT2D eigenvalue weighted by atomic mass is 19.1. The van der Waals surface area contributed by atoms with E-state index in [1.165, 1.54) is 24.3 Å². The number of nitrogens with one attached hydrogen (secondary N) is 3. The van der Waals surface area contributed by atoms with Crippen molar-refractivity contribution in [2.75, 3.05) is 22.5 Å². The van der Waals surface area contributed by atoms with E-state index in [0.29, 0.717) is 11.4 Å². The van der Waals surface area contributed by atoms with Gasteiger partial charge in [-0.2, -0.15) is 0 Å². The summed E-state index contributed by atoms with van der Waals surface area (Å²) in [4.78, 5) is 23.4. The predicted octanol–water partition coefficient (Wildman–Crippen LogP) is 3.47. The van der Waals surface area contributed by atoms with Gasteiger partial charge in [-0.05, 0) is 48.5 Å². The smallest absolute Gasteiger partial charge is 0.243 e. The Hall–Kier alpha value is -2.89. The van der Waals surface area contributed by atoms with E-state index in [-0.39, 0.29) is 30.1 Å². The third-order valence-electron chi connectivity index (χ3n) is 3.26. The molecule has 24 heavy (non-hydrogen) atoms. The molecule has 2 aromatic carbocycles. The third-order valence-corrected chi connectivity index (χ3v) is 3.26. The summed E-state index contributed by atoms with van der Waals surface area (Å²) in [6.07, 6.45) is 0. The second-order valence-corrected chi connectivity index (χ2v) is 5.63. The lowest BCUT2D eigenvalue weighted by molar-refractivity contribution is -0.119. The maximum Gasteiger partial charge on any atom is 0.243 e. The third kappa shape index (κ3) is 5.39. The lowest BCUT2D eigenvalue weighted by atomic mass is 10.2. The first-order valence-corrected chi connectivity index (χ1v) is 7.64. The maximum atomic E-state index is 12.8. The van der Waals surface area contributed by atoms with Gasteiger partial charge in [0.1, 0.15) is 5.82 Å². The van der Waals surface area contributed by atoms with Crippen LogP contribution < -0.4 is 16.0 Å². The lowest BCUT2D eigenvalue weighted by Gasteiger charge is -2.10. The van der Waals surface area contributed by atoms with Gasteiger partial charge in [-0.3, -0.25) is 9.59 Å². The van der Waals surface area contributed by atoms with Crippen LogP contribution in [0.5, 0.6) is 0 Å². The zero-order chi connectivity index (χ0) is 17.5. The van der Waals surface area contributed by atoms with Crippen molar-refractivity contribution in [1.82, 2.24) is 0 Å². The number of rotatable bonds is 6. The van der Waals surface area contributed by atoms with Crippen LogP contribution in [0, 0.1) is 11.7 Å². The summed E-state index contributed by atoms with van der Waals surface area (Å²) >= 11 is 0. The first kappa shape index (κ1) is 17.5. The van der Waals surface area contributed by atoms with Crippen molar-refractivity contribution in [3.05, 3.63) is 54.3 Å². The van der Waals surface area contributed by atoms with Crippen LogP contribution in [-0.2, 0) is 9.59 Å². The Morgan fingerprint density at radius 3 is 1.96 bits per heavy atom. The van der Waals surface area contributed by atoms with Crippen molar-refractivity contribution in [2.24, 2.45) is 5.92 Å². The molecule has 0 bridgehead atoms. The first-order chi connectivity index (χ1) is 11.4. The van der Waals surface area contributed by atoms with Gasteiger partial charge in [-0.1, -0.05) is 13.8 Å². The van der Waals surface area contributed by atoms with Crippen molar-refractivity contribution < 1.29 is 14.0 Å². The van der Waals surface area contributed by atoms with Crippen LogP contribution >= 0.6 is 0 Å². The van der Waals surface area contributed by atoms with Gasteiger partial charge in [0.2, 0.25) is 11.8 Å². The molecule has 0 aliphatic carbocycles. The van der Waals surface area contributed by atoms with E-state index in [1.54, 1.807) is 24.3 Å². The van der Waals surface area contributed by atoms with Crippen molar-refractivity contribution in [2.45, 2.75) is 13.8 Å². The number of hydrogen-bond donors (Lipinski definition) is 3. The van der Waals surface area contributed by atoms with Crippen LogP contribution in [0.1, 0.15) is 13.8 Å². The molecule has 5 nitrogen and oxygen atoms in total. The molecule has 2 aromatic rings. The average Bonchev–Trinajstić information content (AvgIpc) is 2.56. The Kier molecular flexibility index (Phi) is 5.89. The first-order valence-electron chi connectivity index (χ1n) is 7.64. The Morgan fingerprint density at radius 2 is 1.38 bits per heavy atom. The second kappa shape index (κ2) is 8.10. The van der Waals surface area contributed by atoms with Crippen LogP contribution in [0.4, 0.5) is 21.5 Å². The van der Waals surface area contributed by atoms with Gasteiger partial charge in [0.25, 0.3) is 0 Å². The Labute approximate surface area is 140 Å². The molecule has 0 unspecified atom stereocenters. The number of hydrogen-bond acceptors (Lipinski definition) is 3. The van der Waals surface area contributed by atoms with Gasteiger partial charge in [0.15, 0.2) is 0 Å². The summed E-state index contributed by atoms with van der Waals surface area (Å²) in [5, 5.41) is 8.44. The van der Waals surface area contributed by atoms with E-state index in [0.717, 1.165) is 5.69 Å². The van der Waals surface area contributed by atoms with E-state index in [2.05, 4.69) is 16.0 Å². The van der Waals surface area contributed by atoms with Crippen LogP contribution in [0.25, 0.3) is 0 Å². The number of amides is 2. The highest BCUT2D eigenvalue weighted by Gasteiger charge is 2.07. The average molecular weight is 329 g/mol. The molecule has 0 aliphatic rings. The Balaban J connectivity index is 1.82. The van der Waals surface area contributed by atoms with E-state index < -0.39 is 0 Å². The van der Waals surface area contributed by atoms with E-state index >= 15 is 0 Å². The SMILES string of the molecule is CC(C)C(=O)Nc1ccc(NCC(=O)Nc2ccc(F)cc2)cc1. The normalized spacial score (nSPS) is 10.3. The largest absolute Gasteiger partial charge is 0.376 e. The van der Waals surface area contributed by atoms with Crippen molar-refractivity contribution in [3.8, 4) is 0 Å². The quantitative estimate of drug-likeness (QED) is 0.760. The number of halogens is 1. The topological polar surface area (TPSA) is 70.2 Å². The molecule has 2 amide bonds. The second-order valence-electron chi connectivity index (χ2n) is 5.63. The zero-order valence-electron chi connectivity index (χ0n) is 13.6. The van der Waals surface area contributed by atoms with Crippen molar-refractivity contribution in [3.63, 3.8) is 0 Å². The molecule has 0 radical (unpaired) electrons. The van der Waals surface area contributed by atoms with Gasteiger partial charge in [0.05, 0.1) is 6.54 Å². The molecule has 0 aliphatic heterocycles. The zero-order valence-corrected chi connectivity index (χ0v) is 13.6. The number of benzene rings is 2. The summed E-state index contributed by atoms with van der Waals surface area (Å²) in [6, 6.07) is 12.7. The molecule has 2 rings (SSSR count). The minimum absolute atomic E-state index is 0.0469. The van der Waals surface area contributed by atoms with Crippen molar-refractivity contribution in [1.29, 1.82) is 0 Å². The van der Waals surface area contributed by atoms with Gasteiger partial charge in [0, 0.05) is 23.0 Å². The molecule has 0 atom stereocenters. The van der Waals surface area contributed by atoms with Gasteiger partial charge < -0.3 is 16.0 Å². The van der Waals surface area contributed by atoms with Crippen LogP contribution in [-0.4, -0.2) is 18.4 Å². The molecule has 0 spiro atoms. The van der Waals surface area contributed by atoms with Crippen LogP contribution in [0.3, 0.4) is 0 Å². The summed E-state index contributed by atoms with van der Waals surface area (Å²) in [6.45, 7) is 3.73. The summed E-state index contributed by atoms with van der Waals surface area (Å²) in [5.41, 5.74) is 2.00. The molecule has 0 fully saturated rings. The standard InChI is InChI=1S/C18H20FN3O2/c1-12(2)18(24)22-16-9-7-14(8-10-16)20-11-17(23)21-15-5-3-13(19)4-6-15/h3-10,12,20H,11H2,1-2H3,(H,21,23)(H,22,24). The summed E-state index contributed by atoms with van der Waals surface area (Å²) < 4.78 is 12.8. The van der Waals surface area contributed by atoms with Crippen LogP contribution in [0.15, 0.2) is 48.5 Å². The molecule has 0 saturated carbocycles. The van der Waals surface area contributed by atoms with E-state index in [9.17, 15) is 14.0 Å². The lowest BCUT2D eigenvalue weighted by Crippen LogP contribution is -2.21. The fourth-order valence-corrected chi connectivity index (χ4v) is 1.88. The van der Waals surface area contributed by atoms with Gasteiger partial charge in [-0.15, -0.1) is 0 Å².